The number of alkyl halides is 3. The van der Waals surface area contributed by atoms with Crippen LogP contribution in [-0.4, -0.2) is 69.0 Å². The molecule has 1 aromatic carbocycles. The van der Waals surface area contributed by atoms with Gasteiger partial charge in [0, 0.05) is 37.8 Å². The summed E-state index contributed by atoms with van der Waals surface area (Å²) in [5.74, 6) is -2.35. The Morgan fingerprint density at radius 3 is 2.29 bits per heavy atom. The van der Waals surface area contributed by atoms with E-state index >= 15 is 0 Å². The standard InChI is InChI=1S/C20H24F3N3O4S/c21-20(22,23)14-5-6-26(12-14)17-11-15(24-18(27)13-1-2-13)3-4-16(17)19(28)25-7-9-31(29,30)10-8-25/h3-4,11,13-14H,1-2,5-10,12H2,(H,24,27). The van der Waals surface area contributed by atoms with Crippen molar-refractivity contribution in [3.05, 3.63) is 23.8 Å². The van der Waals surface area contributed by atoms with Gasteiger partial charge < -0.3 is 15.1 Å². The molecule has 1 saturated carbocycles. The van der Waals surface area contributed by atoms with E-state index in [4.69, 9.17) is 0 Å². The number of carbonyl (C=O) groups excluding carboxylic acids is 2. The van der Waals surface area contributed by atoms with Crippen molar-refractivity contribution < 1.29 is 31.2 Å². The zero-order valence-corrected chi connectivity index (χ0v) is 17.6. The molecule has 1 N–H and O–H groups in total. The fourth-order valence-electron chi connectivity index (χ4n) is 3.97. The number of sulfone groups is 1. The average Bonchev–Trinajstić information content (AvgIpc) is 3.43. The lowest BCUT2D eigenvalue weighted by molar-refractivity contribution is -0.168. The first-order valence-corrected chi connectivity index (χ1v) is 12.1. The number of nitrogens with one attached hydrogen (secondary N) is 1. The quantitative estimate of drug-likeness (QED) is 0.747. The van der Waals surface area contributed by atoms with Crippen LogP contribution in [0.1, 0.15) is 29.6 Å². The zero-order valence-electron chi connectivity index (χ0n) is 16.8. The number of benzene rings is 1. The predicted octanol–water partition coefficient (Wildman–Crippen LogP) is 2.29. The third kappa shape index (κ3) is 4.97. The first-order chi connectivity index (χ1) is 14.5. The number of hydrogen-bond donors (Lipinski definition) is 1. The fraction of sp³-hybridized carbons (Fsp3) is 0.600. The van der Waals surface area contributed by atoms with Gasteiger partial charge in [-0.05, 0) is 37.5 Å². The van der Waals surface area contributed by atoms with Crippen molar-refractivity contribution >= 4 is 33.0 Å². The average molecular weight is 459 g/mol. The van der Waals surface area contributed by atoms with Gasteiger partial charge in [0.25, 0.3) is 5.91 Å². The van der Waals surface area contributed by atoms with Gasteiger partial charge in [-0.15, -0.1) is 0 Å². The van der Waals surface area contributed by atoms with Crippen molar-refractivity contribution in [1.82, 2.24) is 4.90 Å². The topological polar surface area (TPSA) is 86.8 Å². The highest BCUT2D eigenvalue weighted by Gasteiger charge is 2.44. The molecule has 1 aliphatic carbocycles. The van der Waals surface area contributed by atoms with Crippen LogP contribution in [0.15, 0.2) is 18.2 Å². The molecule has 11 heteroatoms. The lowest BCUT2D eigenvalue weighted by Crippen LogP contribution is -2.44. The van der Waals surface area contributed by atoms with Crippen molar-refractivity contribution in [3.8, 4) is 0 Å². The lowest BCUT2D eigenvalue weighted by Gasteiger charge is -2.29. The van der Waals surface area contributed by atoms with Gasteiger partial charge >= 0.3 is 6.18 Å². The summed E-state index contributed by atoms with van der Waals surface area (Å²) < 4.78 is 63.0. The van der Waals surface area contributed by atoms with E-state index in [2.05, 4.69) is 5.32 Å². The Morgan fingerprint density at radius 2 is 1.71 bits per heavy atom. The Kier molecular flexibility index (Phi) is 5.65. The molecule has 2 amide bonds. The van der Waals surface area contributed by atoms with Gasteiger partial charge in [0.1, 0.15) is 0 Å². The summed E-state index contributed by atoms with van der Waals surface area (Å²) in [5, 5.41) is 2.77. The number of hydrogen-bond acceptors (Lipinski definition) is 5. The van der Waals surface area contributed by atoms with Crippen LogP contribution < -0.4 is 10.2 Å². The monoisotopic (exact) mass is 459 g/mol. The van der Waals surface area contributed by atoms with E-state index in [0.717, 1.165) is 12.8 Å². The molecule has 2 saturated heterocycles. The van der Waals surface area contributed by atoms with E-state index in [1.165, 1.54) is 15.9 Å². The van der Waals surface area contributed by atoms with Crippen molar-refractivity contribution in [1.29, 1.82) is 0 Å². The molecule has 31 heavy (non-hydrogen) atoms. The minimum Gasteiger partial charge on any atom is -0.370 e. The van der Waals surface area contributed by atoms with Gasteiger partial charge in [0.2, 0.25) is 5.91 Å². The smallest absolute Gasteiger partial charge is 0.370 e. The maximum Gasteiger partial charge on any atom is 0.393 e. The summed E-state index contributed by atoms with van der Waals surface area (Å²) in [4.78, 5) is 28.2. The van der Waals surface area contributed by atoms with Gasteiger partial charge in [-0.2, -0.15) is 13.2 Å². The summed E-state index contributed by atoms with van der Waals surface area (Å²) in [5.41, 5.74) is 0.977. The molecule has 0 radical (unpaired) electrons. The molecule has 7 nitrogen and oxygen atoms in total. The van der Waals surface area contributed by atoms with E-state index < -0.39 is 27.8 Å². The minimum atomic E-state index is -4.32. The molecule has 1 unspecified atom stereocenters. The van der Waals surface area contributed by atoms with Gasteiger partial charge in [-0.25, -0.2) is 8.42 Å². The minimum absolute atomic E-state index is 0.0403. The van der Waals surface area contributed by atoms with E-state index in [1.807, 2.05) is 0 Å². The third-order valence-corrected chi connectivity index (χ3v) is 7.68. The van der Waals surface area contributed by atoms with Crippen LogP contribution in [0.5, 0.6) is 0 Å². The van der Waals surface area contributed by atoms with Crippen LogP contribution in [0, 0.1) is 11.8 Å². The fourth-order valence-corrected chi connectivity index (χ4v) is 5.18. The van der Waals surface area contributed by atoms with Crippen LogP contribution >= 0.6 is 0 Å². The van der Waals surface area contributed by atoms with Crippen molar-refractivity contribution in [2.75, 3.05) is 47.9 Å². The van der Waals surface area contributed by atoms with Crippen molar-refractivity contribution in [2.24, 2.45) is 11.8 Å². The maximum atomic E-state index is 13.2. The Morgan fingerprint density at radius 1 is 1.03 bits per heavy atom. The van der Waals surface area contributed by atoms with Gasteiger partial charge in [-0.3, -0.25) is 9.59 Å². The molecular weight excluding hydrogens is 435 g/mol. The molecule has 170 valence electrons. The predicted molar refractivity (Wildman–Crippen MR) is 109 cm³/mol. The third-order valence-electron chi connectivity index (χ3n) is 6.07. The molecule has 2 aliphatic heterocycles. The van der Waals surface area contributed by atoms with Crippen LogP contribution in [-0.2, 0) is 14.6 Å². The lowest BCUT2D eigenvalue weighted by atomic mass is 10.1. The summed E-state index contributed by atoms with van der Waals surface area (Å²) in [6, 6.07) is 4.62. The maximum absolute atomic E-state index is 13.2. The number of carbonyl (C=O) groups is 2. The second kappa shape index (κ2) is 7.99. The first kappa shape index (κ1) is 21.9. The van der Waals surface area contributed by atoms with Gasteiger partial charge in [0.15, 0.2) is 9.84 Å². The highest BCUT2D eigenvalue weighted by molar-refractivity contribution is 7.91. The number of amides is 2. The summed E-state index contributed by atoms with van der Waals surface area (Å²) >= 11 is 0. The largest absolute Gasteiger partial charge is 0.393 e. The molecule has 3 fully saturated rings. The molecular formula is C20H24F3N3O4S. The highest BCUT2D eigenvalue weighted by atomic mass is 32.2. The number of halogens is 3. The van der Waals surface area contributed by atoms with Crippen molar-refractivity contribution in [2.45, 2.75) is 25.4 Å². The second-order valence-electron chi connectivity index (χ2n) is 8.41. The van der Waals surface area contributed by atoms with E-state index in [0.29, 0.717) is 11.4 Å². The van der Waals surface area contributed by atoms with E-state index in [-0.39, 0.29) is 61.5 Å². The first-order valence-electron chi connectivity index (χ1n) is 10.3. The second-order valence-corrected chi connectivity index (χ2v) is 10.7. The molecule has 3 aliphatic rings. The van der Waals surface area contributed by atoms with Gasteiger partial charge in [-0.1, -0.05) is 0 Å². The summed E-state index contributed by atoms with van der Waals surface area (Å²) in [6.45, 7) is -0.0328. The van der Waals surface area contributed by atoms with Crippen LogP contribution in [0.4, 0.5) is 24.5 Å². The Bertz CT molecular complexity index is 978. The van der Waals surface area contributed by atoms with Crippen LogP contribution in [0.2, 0.25) is 0 Å². The summed E-state index contributed by atoms with van der Waals surface area (Å²) in [7, 11) is -3.18. The van der Waals surface area contributed by atoms with Crippen LogP contribution in [0.3, 0.4) is 0 Å². The summed E-state index contributed by atoms with van der Waals surface area (Å²) in [6.07, 6.45) is -2.77. The molecule has 1 atom stereocenters. The SMILES string of the molecule is O=C(Nc1ccc(C(=O)N2CCS(=O)(=O)CC2)c(N2CCC(C(F)(F)F)C2)c1)C1CC1. The van der Waals surface area contributed by atoms with Gasteiger partial charge in [0.05, 0.1) is 28.7 Å². The Hall–Kier alpha value is -2.30. The molecule has 0 bridgehead atoms. The molecule has 0 spiro atoms. The normalized spacial score (nSPS) is 23.6. The molecule has 4 rings (SSSR count). The highest BCUT2D eigenvalue weighted by Crippen LogP contribution is 2.38. The van der Waals surface area contributed by atoms with E-state index in [1.54, 1.807) is 12.1 Å². The van der Waals surface area contributed by atoms with Crippen molar-refractivity contribution in [3.63, 3.8) is 0 Å². The number of nitrogens with zero attached hydrogens (tertiary/aromatic N) is 2. The Labute approximate surface area is 178 Å². The van der Waals surface area contributed by atoms with Crippen LogP contribution in [0.25, 0.3) is 0 Å². The molecule has 2 heterocycles. The zero-order chi connectivity index (χ0) is 22.4. The molecule has 0 aromatic heterocycles. The van der Waals surface area contributed by atoms with E-state index in [9.17, 15) is 31.2 Å². The number of anilines is 2. The Balaban J connectivity index is 1.60. The molecule has 1 aromatic rings. The number of rotatable bonds is 4.